The van der Waals surface area contributed by atoms with Gasteiger partial charge in [0, 0.05) is 0 Å². The summed E-state index contributed by atoms with van der Waals surface area (Å²) >= 11 is 0. The molecule has 0 saturated heterocycles. The van der Waals surface area contributed by atoms with Gasteiger partial charge in [-0.25, -0.2) is 8.78 Å². The third-order valence-electron chi connectivity index (χ3n) is 3.86. The van der Waals surface area contributed by atoms with Crippen LogP contribution in [0.3, 0.4) is 0 Å². The molecule has 3 rings (SSSR count). The second-order valence-corrected chi connectivity index (χ2v) is 5.21. The van der Waals surface area contributed by atoms with Crippen molar-refractivity contribution < 1.29 is 8.78 Å². The zero-order valence-corrected chi connectivity index (χ0v) is 11.4. The SMILES string of the molecule is N#Cc1cc(F)c(NC2CCCc3ccccc32)c(F)c1. The van der Waals surface area contributed by atoms with E-state index >= 15 is 0 Å². The Hall–Kier alpha value is -2.41. The largest absolute Gasteiger partial charge is 0.373 e. The maximum atomic E-state index is 14.0. The standard InChI is InChI=1S/C17H14F2N2/c18-14-8-11(10-20)9-15(19)17(14)21-16-7-3-5-12-4-1-2-6-13(12)16/h1-2,4,6,8-9,16,21H,3,5,7H2. The van der Waals surface area contributed by atoms with Crippen LogP contribution in [0.4, 0.5) is 14.5 Å². The molecule has 2 aromatic rings. The third kappa shape index (κ3) is 2.59. The van der Waals surface area contributed by atoms with Gasteiger partial charge in [-0.05, 0) is 42.5 Å². The Morgan fingerprint density at radius 1 is 1.14 bits per heavy atom. The second kappa shape index (κ2) is 5.53. The lowest BCUT2D eigenvalue weighted by Gasteiger charge is -2.27. The lowest BCUT2D eigenvalue weighted by atomic mass is 9.87. The van der Waals surface area contributed by atoms with Crippen molar-refractivity contribution >= 4 is 5.69 Å². The van der Waals surface area contributed by atoms with Crippen molar-refractivity contribution in [2.45, 2.75) is 25.3 Å². The maximum absolute atomic E-state index is 14.0. The molecule has 1 atom stereocenters. The molecular formula is C17H14F2N2. The Labute approximate surface area is 122 Å². The van der Waals surface area contributed by atoms with Gasteiger partial charge in [0.25, 0.3) is 0 Å². The molecule has 106 valence electrons. The minimum atomic E-state index is -0.727. The summed E-state index contributed by atoms with van der Waals surface area (Å²) in [6.07, 6.45) is 2.80. The van der Waals surface area contributed by atoms with Crippen molar-refractivity contribution in [1.82, 2.24) is 0 Å². The lowest BCUT2D eigenvalue weighted by Crippen LogP contribution is -2.18. The van der Waals surface area contributed by atoms with Gasteiger partial charge < -0.3 is 5.32 Å². The zero-order valence-electron chi connectivity index (χ0n) is 11.4. The summed E-state index contributed by atoms with van der Waals surface area (Å²) in [6, 6.07) is 11.7. The lowest BCUT2D eigenvalue weighted by molar-refractivity contribution is 0.561. The van der Waals surface area contributed by atoms with Crippen LogP contribution >= 0.6 is 0 Å². The molecule has 0 aromatic heterocycles. The van der Waals surface area contributed by atoms with E-state index in [1.807, 2.05) is 18.2 Å². The second-order valence-electron chi connectivity index (χ2n) is 5.21. The van der Waals surface area contributed by atoms with E-state index < -0.39 is 11.6 Å². The minimum absolute atomic E-state index is 0.0143. The molecule has 0 aliphatic heterocycles. The van der Waals surface area contributed by atoms with Gasteiger partial charge in [-0.15, -0.1) is 0 Å². The van der Waals surface area contributed by atoms with Crippen molar-refractivity contribution in [3.63, 3.8) is 0 Å². The maximum Gasteiger partial charge on any atom is 0.150 e. The summed E-state index contributed by atoms with van der Waals surface area (Å²) < 4.78 is 28.0. The molecule has 2 nitrogen and oxygen atoms in total. The van der Waals surface area contributed by atoms with E-state index in [1.165, 1.54) is 5.56 Å². The normalized spacial score (nSPS) is 16.9. The van der Waals surface area contributed by atoms with E-state index in [1.54, 1.807) is 6.07 Å². The molecule has 1 aliphatic rings. The topological polar surface area (TPSA) is 35.8 Å². The fourth-order valence-corrected chi connectivity index (χ4v) is 2.85. The van der Waals surface area contributed by atoms with Gasteiger partial charge in [0.2, 0.25) is 0 Å². The summed E-state index contributed by atoms with van der Waals surface area (Å²) in [5.41, 5.74) is 2.14. The Bertz CT molecular complexity index is 696. The van der Waals surface area contributed by atoms with E-state index in [4.69, 9.17) is 5.26 Å². The third-order valence-corrected chi connectivity index (χ3v) is 3.86. The Balaban J connectivity index is 1.94. The van der Waals surface area contributed by atoms with Crippen LogP contribution in [0.1, 0.15) is 35.6 Å². The van der Waals surface area contributed by atoms with Crippen LogP contribution < -0.4 is 5.32 Å². The molecule has 0 saturated carbocycles. The first kappa shape index (κ1) is 13.6. The number of nitriles is 1. The first-order valence-corrected chi connectivity index (χ1v) is 6.92. The molecule has 2 aromatic carbocycles. The van der Waals surface area contributed by atoms with Gasteiger partial charge in [0.05, 0.1) is 17.7 Å². The summed E-state index contributed by atoms with van der Waals surface area (Å²) in [5, 5.41) is 11.7. The van der Waals surface area contributed by atoms with E-state index in [2.05, 4.69) is 11.4 Å². The highest BCUT2D eigenvalue weighted by Gasteiger charge is 2.22. The van der Waals surface area contributed by atoms with E-state index in [9.17, 15) is 8.78 Å². The van der Waals surface area contributed by atoms with Crippen molar-refractivity contribution in [2.24, 2.45) is 0 Å². The number of fused-ring (bicyclic) bond motifs is 1. The van der Waals surface area contributed by atoms with Gasteiger partial charge in [-0.1, -0.05) is 24.3 Å². The first-order chi connectivity index (χ1) is 10.2. The highest BCUT2D eigenvalue weighted by Crippen LogP contribution is 2.34. The quantitative estimate of drug-likeness (QED) is 0.891. The van der Waals surface area contributed by atoms with Crippen molar-refractivity contribution in [3.05, 3.63) is 64.7 Å². The van der Waals surface area contributed by atoms with Gasteiger partial charge in [-0.3, -0.25) is 0 Å². The number of hydrogen-bond acceptors (Lipinski definition) is 2. The number of rotatable bonds is 2. The molecule has 0 bridgehead atoms. The van der Waals surface area contributed by atoms with E-state index in [0.29, 0.717) is 0 Å². The van der Waals surface area contributed by atoms with Crippen LogP contribution in [0.5, 0.6) is 0 Å². The Kier molecular flexibility index (Phi) is 3.57. The smallest absolute Gasteiger partial charge is 0.150 e. The first-order valence-electron chi connectivity index (χ1n) is 6.92. The molecule has 0 heterocycles. The molecule has 0 spiro atoms. The number of halogens is 2. The monoisotopic (exact) mass is 284 g/mol. The molecule has 21 heavy (non-hydrogen) atoms. The molecule has 1 unspecified atom stereocenters. The molecule has 1 N–H and O–H groups in total. The minimum Gasteiger partial charge on any atom is -0.373 e. The van der Waals surface area contributed by atoms with Crippen LogP contribution in [0.2, 0.25) is 0 Å². The highest BCUT2D eigenvalue weighted by molar-refractivity contribution is 5.52. The van der Waals surface area contributed by atoms with Crippen LogP contribution in [0.25, 0.3) is 0 Å². The van der Waals surface area contributed by atoms with Crippen LogP contribution in [0, 0.1) is 23.0 Å². The number of nitrogens with one attached hydrogen (secondary N) is 1. The van der Waals surface area contributed by atoms with Gasteiger partial charge >= 0.3 is 0 Å². The molecular weight excluding hydrogens is 270 g/mol. The summed E-state index contributed by atoms with van der Waals surface area (Å²) in [7, 11) is 0. The van der Waals surface area contributed by atoms with Crippen molar-refractivity contribution in [2.75, 3.05) is 5.32 Å². The average molecular weight is 284 g/mol. The fourth-order valence-electron chi connectivity index (χ4n) is 2.85. The predicted octanol–water partition coefficient (Wildman–Crippen LogP) is 4.33. The van der Waals surface area contributed by atoms with Crippen LogP contribution in [-0.2, 0) is 6.42 Å². The van der Waals surface area contributed by atoms with Crippen LogP contribution in [-0.4, -0.2) is 0 Å². The number of benzene rings is 2. The molecule has 0 fully saturated rings. The molecule has 0 amide bonds. The average Bonchev–Trinajstić information content (AvgIpc) is 2.50. The molecule has 0 radical (unpaired) electrons. The highest BCUT2D eigenvalue weighted by atomic mass is 19.1. The molecule has 4 heteroatoms. The van der Waals surface area contributed by atoms with Gasteiger partial charge in [-0.2, -0.15) is 5.26 Å². The predicted molar refractivity (Wildman–Crippen MR) is 76.8 cm³/mol. The van der Waals surface area contributed by atoms with Gasteiger partial charge in [0.1, 0.15) is 5.69 Å². The van der Waals surface area contributed by atoms with Crippen molar-refractivity contribution in [3.8, 4) is 6.07 Å². The number of hydrogen-bond donors (Lipinski definition) is 1. The summed E-state index contributed by atoms with van der Waals surface area (Å²) in [6.45, 7) is 0. The van der Waals surface area contributed by atoms with Crippen LogP contribution in [0.15, 0.2) is 36.4 Å². The Morgan fingerprint density at radius 3 is 2.57 bits per heavy atom. The fraction of sp³-hybridized carbons (Fsp3) is 0.235. The number of nitrogens with zero attached hydrogens (tertiary/aromatic N) is 1. The number of anilines is 1. The zero-order chi connectivity index (χ0) is 14.8. The summed E-state index contributed by atoms with van der Waals surface area (Å²) in [4.78, 5) is 0. The molecule has 1 aliphatic carbocycles. The van der Waals surface area contributed by atoms with Gasteiger partial charge in [0.15, 0.2) is 11.6 Å². The summed E-state index contributed by atoms with van der Waals surface area (Å²) in [5.74, 6) is -1.45. The van der Waals surface area contributed by atoms with Crippen molar-refractivity contribution in [1.29, 1.82) is 5.26 Å². The van der Waals surface area contributed by atoms with E-state index in [0.717, 1.165) is 37.0 Å². The number of aryl methyl sites for hydroxylation is 1. The van der Waals surface area contributed by atoms with E-state index in [-0.39, 0.29) is 17.3 Å². The Morgan fingerprint density at radius 2 is 1.86 bits per heavy atom.